The molecular formula is C21H27NO2. The Morgan fingerprint density at radius 2 is 1.50 bits per heavy atom. The Morgan fingerprint density at radius 3 is 1.96 bits per heavy atom. The van der Waals surface area contributed by atoms with Crippen LogP contribution < -0.4 is 5.32 Å². The Kier molecular flexibility index (Phi) is 6.56. The molecule has 1 amide bonds. The van der Waals surface area contributed by atoms with Gasteiger partial charge < -0.3 is 10.4 Å². The minimum absolute atomic E-state index is 0.0405. The summed E-state index contributed by atoms with van der Waals surface area (Å²) in [5.74, 6) is 0.0899. The third-order valence-electron chi connectivity index (χ3n) is 4.35. The average Bonchev–Trinajstić information content (AvgIpc) is 2.59. The number of nitrogens with one attached hydrogen (secondary N) is 1. The molecular weight excluding hydrogens is 298 g/mol. The molecule has 2 N–H and O–H groups in total. The number of carbonyl (C=O) groups is 1. The first kappa shape index (κ1) is 18.2. The third kappa shape index (κ3) is 5.50. The number of amides is 1. The summed E-state index contributed by atoms with van der Waals surface area (Å²) in [5.41, 5.74) is 2.20. The number of rotatable bonds is 8. The van der Waals surface area contributed by atoms with Gasteiger partial charge >= 0.3 is 0 Å². The van der Waals surface area contributed by atoms with Crippen molar-refractivity contribution >= 4 is 5.91 Å². The second-order valence-electron chi connectivity index (χ2n) is 6.99. The maximum Gasteiger partial charge on any atom is 0.220 e. The van der Waals surface area contributed by atoms with Gasteiger partial charge in [0.15, 0.2) is 0 Å². The molecule has 0 aromatic heterocycles. The zero-order valence-electron chi connectivity index (χ0n) is 14.5. The summed E-state index contributed by atoms with van der Waals surface area (Å²) in [4.78, 5) is 12.5. The molecule has 0 aliphatic carbocycles. The van der Waals surface area contributed by atoms with Crippen molar-refractivity contribution in [3.05, 3.63) is 71.8 Å². The summed E-state index contributed by atoms with van der Waals surface area (Å²) in [7, 11) is 0. The number of hydrogen-bond donors (Lipinski definition) is 2. The molecule has 0 atom stereocenters. The fraction of sp³-hybridized carbons (Fsp3) is 0.381. The molecule has 2 aromatic rings. The highest BCUT2D eigenvalue weighted by molar-refractivity contribution is 5.77. The third-order valence-corrected chi connectivity index (χ3v) is 4.35. The van der Waals surface area contributed by atoms with Crippen LogP contribution in [0.15, 0.2) is 60.7 Å². The van der Waals surface area contributed by atoms with Crippen molar-refractivity contribution in [2.24, 2.45) is 5.41 Å². The van der Waals surface area contributed by atoms with E-state index >= 15 is 0 Å². The molecule has 0 aliphatic rings. The molecule has 2 rings (SSSR count). The largest absolute Gasteiger partial charge is 0.396 e. The Labute approximate surface area is 144 Å². The van der Waals surface area contributed by atoms with Crippen molar-refractivity contribution in [2.75, 3.05) is 13.2 Å². The molecule has 0 spiro atoms. The van der Waals surface area contributed by atoms with Crippen molar-refractivity contribution in [2.45, 2.75) is 32.6 Å². The molecule has 0 radical (unpaired) electrons. The van der Waals surface area contributed by atoms with Crippen LogP contribution >= 0.6 is 0 Å². The molecule has 0 unspecified atom stereocenters. The molecule has 128 valence electrons. The number of carbonyl (C=O) groups excluding carboxylic acids is 1. The fourth-order valence-corrected chi connectivity index (χ4v) is 2.79. The van der Waals surface area contributed by atoms with Gasteiger partial charge in [0.1, 0.15) is 0 Å². The van der Waals surface area contributed by atoms with Crippen LogP contribution in [0.4, 0.5) is 0 Å². The van der Waals surface area contributed by atoms with Gasteiger partial charge in [0.25, 0.3) is 0 Å². The van der Waals surface area contributed by atoms with Crippen molar-refractivity contribution in [3.63, 3.8) is 0 Å². The lowest BCUT2D eigenvalue weighted by Crippen LogP contribution is -2.35. The predicted molar refractivity (Wildman–Crippen MR) is 97.8 cm³/mol. The van der Waals surface area contributed by atoms with Gasteiger partial charge in [-0.2, -0.15) is 0 Å². The molecule has 3 heteroatoms. The predicted octanol–water partition coefficient (Wildman–Crippen LogP) is 3.73. The molecule has 2 aromatic carbocycles. The molecule has 3 nitrogen and oxygen atoms in total. The van der Waals surface area contributed by atoms with Crippen LogP contribution in [0.3, 0.4) is 0 Å². The topological polar surface area (TPSA) is 49.3 Å². The first-order valence-corrected chi connectivity index (χ1v) is 8.49. The highest BCUT2D eigenvalue weighted by Gasteiger charge is 2.21. The van der Waals surface area contributed by atoms with E-state index in [2.05, 4.69) is 43.4 Å². The van der Waals surface area contributed by atoms with Gasteiger partial charge in [0.05, 0.1) is 0 Å². The number of aliphatic hydroxyl groups is 1. The van der Waals surface area contributed by atoms with Crippen molar-refractivity contribution in [1.82, 2.24) is 5.32 Å². The Morgan fingerprint density at radius 1 is 1.00 bits per heavy atom. The van der Waals surface area contributed by atoms with Gasteiger partial charge in [-0.3, -0.25) is 4.79 Å². The SMILES string of the molecule is CC(C)(CCO)CNC(=O)CC(c1ccccc1)c1ccccc1. The quantitative estimate of drug-likeness (QED) is 0.777. The molecule has 0 saturated heterocycles. The Bertz CT molecular complexity index is 583. The van der Waals surface area contributed by atoms with Crippen molar-refractivity contribution in [1.29, 1.82) is 0 Å². The highest BCUT2D eigenvalue weighted by Crippen LogP contribution is 2.28. The number of hydrogen-bond acceptors (Lipinski definition) is 2. The van der Waals surface area contributed by atoms with Crippen LogP contribution in [0.2, 0.25) is 0 Å². The van der Waals surface area contributed by atoms with E-state index in [1.165, 1.54) is 0 Å². The molecule has 0 heterocycles. The van der Waals surface area contributed by atoms with E-state index in [4.69, 9.17) is 5.11 Å². The van der Waals surface area contributed by atoms with Crippen LogP contribution in [0.5, 0.6) is 0 Å². The molecule has 0 aliphatic heterocycles. The van der Waals surface area contributed by atoms with Gasteiger partial charge in [-0.15, -0.1) is 0 Å². The Hall–Kier alpha value is -2.13. The summed E-state index contributed by atoms with van der Waals surface area (Å²) in [5, 5.41) is 12.1. The van der Waals surface area contributed by atoms with E-state index in [0.29, 0.717) is 19.4 Å². The second-order valence-corrected chi connectivity index (χ2v) is 6.99. The molecule has 24 heavy (non-hydrogen) atoms. The van der Waals surface area contributed by atoms with E-state index in [1.807, 2.05) is 36.4 Å². The minimum Gasteiger partial charge on any atom is -0.396 e. The smallest absolute Gasteiger partial charge is 0.220 e. The highest BCUT2D eigenvalue weighted by atomic mass is 16.3. The maximum absolute atomic E-state index is 12.5. The summed E-state index contributed by atoms with van der Waals surface area (Å²) < 4.78 is 0. The normalized spacial score (nSPS) is 11.5. The Balaban J connectivity index is 2.08. The van der Waals surface area contributed by atoms with Gasteiger partial charge in [-0.25, -0.2) is 0 Å². The van der Waals surface area contributed by atoms with E-state index in [-0.39, 0.29) is 23.8 Å². The van der Waals surface area contributed by atoms with Gasteiger partial charge in [-0.05, 0) is 23.0 Å². The lowest BCUT2D eigenvalue weighted by atomic mass is 9.87. The second kappa shape index (κ2) is 8.65. The summed E-state index contributed by atoms with van der Waals surface area (Å²) in [6, 6.07) is 20.3. The van der Waals surface area contributed by atoms with Gasteiger partial charge in [-0.1, -0.05) is 74.5 Å². The first-order chi connectivity index (χ1) is 11.5. The van der Waals surface area contributed by atoms with Crippen molar-refractivity contribution < 1.29 is 9.90 Å². The number of aliphatic hydroxyl groups excluding tert-OH is 1. The van der Waals surface area contributed by atoms with Crippen LogP contribution in [-0.2, 0) is 4.79 Å². The van der Waals surface area contributed by atoms with Crippen LogP contribution in [-0.4, -0.2) is 24.2 Å². The molecule has 0 saturated carbocycles. The fourth-order valence-electron chi connectivity index (χ4n) is 2.79. The lowest BCUT2D eigenvalue weighted by molar-refractivity contribution is -0.121. The van der Waals surface area contributed by atoms with E-state index in [0.717, 1.165) is 11.1 Å². The standard InChI is InChI=1S/C21H27NO2/c1-21(2,13-14-23)16-22-20(24)15-19(17-9-5-3-6-10-17)18-11-7-4-8-12-18/h3-12,19,23H,13-16H2,1-2H3,(H,22,24). The maximum atomic E-state index is 12.5. The average molecular weight is 325 g/mol. The van der Waals surface area contributed by atoms with Crippen LogP contribution in [0, 0.1) is 5.41 Å². The van der Waals surface area contributed by atoms with Crippen molar-refractivity contribution in [3.8, 4) is 0 Å². The first-order valence-electron chi connectivity index (χ1n) is 8.49. The van der Waals surface area contributed by atoms with E-state index in [1.54, 1.807) is 0 Å². The molecule has 0 bridgehead atoms. The minimum atomic E-state index is -0.0978. The van der Waals surface area contributed by atoms with Gasteiger partial charge in [0, 0.05) is 25.5 Å². The van der Waals surface area contributed by atoms with Crippen LogP contribution in [0.1, 0.15) is 43.7 Å². The zero-order valence-corrected chi connectivity index (χ0v) is 14.5. The zero-order chi connectivity index (χ0) is 17.4. The lowest BCUT2D eigenvalue weighted by Gasteiger charge is -2.25. The summed E-state index contributed by atoms with van der Waals surface area (Å²) >= 11 is 0. The van der Waals surface area contributed by atoms with Crippen LogP contribution in [0.25, 0.3) is 0 Å². The van der Waals surface area contributed by atoms with E-state index < -0.39 is 0 Å². The van der Waals surface area contributed by atoms with Gasteiger partial charge in [0.2, 0.25) is 5.91 Å². The summed E-state index contributed by atoms with van der Waals surface area (Å²) in [6.07, 6.45) is 1.09. The summed E-state index contributed by atoms with van der Waals surface area (Å²) in [6.45, 7) is 4.81. The molecule has 0 fully saturated rings. The number of benzene rings is 2. The van der Waals surface area contributed by atoms with E-state index in [9.17, 15) is 4.79 Å². The monoisotopic (exact) mass is 325 g/mol.